The molecule has 0 saturated carbocycles. The Morgan fingerprint density at radius 1 is 1.59 bits per heavy atom. The van der Waals surface area contributed by atoms with Crippen molar-refractivity contribution in [2.45, 2.75) is 25.7 Å². The second kappa shape index (κ2) is 4.17. The number of nitrogens with one attached hydrogen (secondary N) is 1. The molecule has 0 amide bonds. The minimum atomic E-state index is -1.32. The summed E-state index contributed by atoms with van der Waals surface area (Å²) in [6.45, 7) is 1.71. The first-order valence-electron chi connectivity index (χ1n) is 5.10. The molecule has 0 aliphatic carbocycles. The summed E-state index contributed by atoms with van der Waals surface area (Å²) in [5.74, 6) is -1.42. The third-order valence-electron chi connectivity index (χ3n) is 2.53. The molecule has 1 aromatic heterocycles. The van der Waals surface area contributed by atoms with Gasteiger partial charge in [-0.1, -0.05) is 6.92 Å². The van der Waals surface area contributed by atoms with Crippen molar-refractivity contribution < 1.29 is 14.2 Å². The largest absolute Gasteiger partial charge is 0.507 e. The number of aliphatic hydroxyl groups excluding tert-OH is 1. The highest BCUT2D eigenvalue weighted by Crippen LogP contribution is 2.34. The molecule has 0 saturated heterocycles. The number of hydrogen-bond acceptors (Lipinski definition) is 4. The van der Waals surface area contributed by atoms with Crippen LogP contribution in [0.1, 0.15) is 19.6 Å². The van der Waals surface area contributed by atoms with E-state index in [1.54, 1.807) is 6.92 Å². The van der Waals surface area contributed by atoms with E-state index >= 15 is 0 Å². The van der Waals surface area contributed by atoms with E-state index in [1.807, 2.05) is 4.98 Å². The second-order valence-corrected chi connectivity index (χ2v) is 3.64. The Morgan fingerprint density at radius 2 is 2.29 bits per heavy atom. The highest BCUT2D eigenvalue weighted by Gasteiger charge is 2.36. The quantitative estimate of drug-likeness (QED) is 0.794. The predicted octanol–water partition coefficient (Wildman–Crippen LogP) is 0.583. The summed E-state index contributed by atoms with van der Waals surface area (Å²) in [5, 5.41) is 9.43. The van der Waals surface area contributed by atoms with Crippen LogP contribution >= 0.6 is 0 Å². The number of aromatic amines is 1. The molecule has 17 heavy (non-hydrogen) atoms. The van der Waals surface area contributed by atoms with Crippen LogP contribution in [0, 0.1) is 0 Å². The van der Waals surface area contributed by atoms with Gasteiger partial charge >= 0.3 is 5.69 Å². The third kappa shape index (κ3) is 1.89. The molecule has 0 aromatic carbocycles. The highest BCUT2D eigenvalue weighted by atomic mass is 19.1. The fourth-order valence-electron chi connectivity index (χ4n) is 1.65. The molecule has 1 aliphatic heterocycles. The summed E-state index contributed by atoms with van der Waals surface area (Å²) in [4.78, 5) is 24.3. The van der Waals surface area contributed by atoms with E-state index in [-0.39, 0.29) is 0 Å². The van der Waals surface area contributed by atoms with Crippen LogP contribution in [-0.4, -0.2) is 20.8 Å². The van der Waals surface area contributed by atoms with E-state index in [2.05, 4.69) is 0 Å². The van der Waals surface area contributed by atoms with Crippen molar-refractivity contribution in [3.8, 4) is 0 Å². The molecule has 0 unspecified atom stereocenters. The summed E-state index contributed by atoms with van der Waals surface area (Å²) < 4.78 is 19.7. The van der Waals surface area contributed by atoms with Crippen molar-refractivity contribution in [1.82, 2.24) is 9.55 Å². The Hall–Kier alpha value is -1.89. The van der Waals surface area contributed by atoms with E-state index < -0.39 is 35.2 Å². The number of hydrogen-bond donors (Lipinski definition) is 2. The maximum absolute atomic E-state index is 13.6. The lowest BCUT2D eigenvalue weighted by atomic mass is 10.2. The number of ether oxygens (including phenoxy) is 1. The van der Waals surface area contributed by atoms with Crippen molar-refractivity contribution >= 4 is 0 Å². The molecule has 2 heterocycles. The van der Waals surface area contributed by atoms with E-state index in [9.17, 15) is 19.1 Å². The standard InChI is InChI=1S/C10H11FN2O4/c1-2-5-8(15)7(11)9(17-5)13-4-3-6(14)12-10(13)16/h3-5,9,15H,2H2,1H3,(H,12,14,16)/t5-,9-/m1/s1. The molecule has 2 N–H and O–H groups in total. The van der Waals surface area contributed by atoms with Gasteiger partial charge in [0.15, 0.2) is 17.8 Å². The van der Waals surface area contributed by atoms with Crippen LogP contribution in [0.3, 0.4) is 0 Å². The normalized spacial score (nSPS) is 24.4. The van der Waals surface area contributed by atoms with Gasteiger partial charge in [0.2, 0.25) is 0 Å². The van der Waals surface area contributed by atoms with Crippen molar-refractivity contribution in [3.63, 3.8) is 0 Å². The van der Waals surface area contributed by atoms with Gasteiger partial charge in [-0.25, -0.2) is 9.18 Å². The lowest BCUT2D eigenvalue weighted by Crippen LogP contribution is -2.32. The van der Waals surface area contributed by atoms with Gasteiger partial charge in [0.25, 0.3) is 5.56 Å². The summed E-state index contributed by atoms with van der Waals surface area (Å²) in [6, 6.07) is 1.08. The number of aromatic nitrogens is 2. The fraction of sp³-hybridized carbons (Fsp3) is 0.400. The van der Waals surface area contributed by atoms with Gasteiger partial charge in [0.05, 0.1) is 0 Å². The number of aliphatic hydroxyl groups is 1. The fourth-order valence-corrected chi connectivity index (χ4v) is 1.65. The summed E-state index contributed by atoms with van der Waals surface area (Å²) in [6.07, 6.45) is -0.576. The first-order valence-corrected chi connectivity index (χ1v) is 5.10. The number of halogens is 1. The zero-order valence-corrected chi connectivity index (χ0v) is 9.01. The number of H-pyrrole nitrogens is 1. The van der Waals surface area contributed by atoms with Crippen LogP contribution in [0.2, 0.25) is 0 Å². The van der Waals surface area contributed by atoms with Gasteiger partial charge in [-0.2, -0.15) is 0 Å². The van der Waals surface area contributed by atoms with E-state index in [4.69, 9.17) is 4.74 Å². The molecule has 0 bridgehead atoms. The van der Waals surface area contributed by atoms with Crippen LogP contribution in [0.4, 0.5) is 4.39 Å². The maximum Gasteiger partial charge on any atom is 0.330 e. The van der Waals surface area contributed by atoms with Crippen molar-refractivity contribution in [2.75, 3.05) is 0 Å². The van der Waals surface area contributed by atoms with Crippen LogP contribution in [0.5, 0.6) is 0 Å². The molecular formula is C10H11FN2O4. The van der Waals surface area contributed by atoms with Gasteiger partial charge in [0.1, 0.15) is 6.10 Å². The molecule has 92 valence electrons. The van der Waals surface area contributed by atoms with Gasteiger partial charge in [0, 0.05) is 12.3 Å². The monoisotopic (exact) mass is 242 g/mol. The molecule has 0 spiro atoms. The molecule has 2 atom stereocenters. The summed E-state index contributed by atoms with van der Waals surface area (Å²) >= 11 is 0. The van der Waals surface area contributed by atoms with Crippen LogP contribution in [0.15, 0.2) is 33.4 Å². The predicted molar refractivity (Wildman–Crippen MR) is 56.3 cm³/mol. The topological polar surface area (TPSA) is 84.3 Å². The average Bonchev–Trinajstić information content (AvgIpc) is 2.57. The van der Waals surface area contributed by atoms with Crippen molar-refractivity contribution in [1.29, 1.82) is 0 Å². The van der Waals surface area contributed by atoms with Gasteiger partial charge in [-0.3, -0.25) is 14.3 Å². The van der Waals surface area contributed by atoms with Crippen LogP contribution in [0.25, 0.3) is 0 Å². The van der Waals surface area contributed by atoms with Crippen LogP contribution < -0.4 is 11.2 Å². The first-order chi connectivity index (χ1) is 8.04. The van der Waals surface area contributed by atoms with E-state index in [0.29, 0.717) is 6.42 Å². The van der Waals surface area contributed by atoms with Crippen molar-refractivity contribution in [2.24, 2.45) is 0 Å². The number of rotatable bonds is 2. The maximum atomic E-state index is 13.6. The molecule has 1 aromatic rings. The molecule has 1 aliphatic rings. The SMILES string of the molecule is CC[C@H]1O[C@@H](n2ccc(=O)[nH]c2=O)C(F)=C1O. The molecule has 6 nitrogen and oxygen atoms in total. The lowest BCUT2D eigenvalue weighted by molar-refractivity contribution is -0.0106. The summed E-state index contributed by atoms with van der Waals surface area (Å²) in [5.41, 5.74) is -1.37. The Kier molecular flexibility index (Phi) is 2.84. The van der Waals surface area contributed by atoms with Gasteiger partial charge in [-0.05, 0) is 6.42 Å². The lowest BCUT2D eigenvalue weighted by Gasteiger charge is -2.14. The first kappa shape index (κ1) is 11.6. The second-order valence-electron chi connectivity index (χ2n) is 3.64. The molecule has 0 radical (unpaired) electrons. The van der Waals surface area contributed by atoms with Gasteiger partial charge in [-0.15, -0.1) is 0 Å². The molecule has 0 fully saturated rings. The Bertz CT molecular complexity index is 574. The Morgan fingerprint density at radius 3 is 2.82 bits per heavy atom. The van der Waals surface area contributed by atoms with E-state index in [1.165, 1.54) is 0 Å². The van der Waals surface area contributed by atoms with Gasteiger partial charge < -0.3 is 9.84 Å². The minimum absolute atomic E-state index is 0.383. The molecule has 7 heteroatoms. The summed E-state index contributed by atoms with van der Waals surface area (Å²) in [7, 11) is 0. The van der Waals surface area contributed by atoms with Crippen molar-refractivity contribution in [3.05, 3.63) is 44.7 Å². The molecule has 2 rings (SSSR count). The average molecular weight is 242 g/mol. The third-order valence-corrected chi connectivity index (χ3v) is 2.53. The Balaban J connectivity index is 2.44. The minimum Gasteiger partial charge on any atom is -0.507 e. The zero-order chi connectivity index (χ0) is 12.6. The van der Waals surface area contributed by atoms with Crippen LogP contribution in [-0.2, 0) is 4.74 Å². The number of nitrogens with zero attached hydrogens (tertiary/aromatic N) is 1. The highest BCUT2D eigenvalue weighted by molar-refractivity contribution is 5.14. The molecular weight excluding hydrogens is 231 g/mol. The van der Waals surface area contributed by atoms with E-state index in [0.717, 1.165) is 16.8 Å². The smallest absolute Gasteiger partial charge is 0.330 e. The Labute approximate surface area is 95.0 Å². The zero-order valence-electron chi connectivity index (χ0n) is 9.01.